The lowest BCUT2D eigenvalue weighted by Gasteiger charge is -2.12. The Morgan fingerprint density at radius 3 is 2.54 bits per heavy atom. The molecule has 178 valence electrons. The Morgan fingerprint density at radius 2 is 1.89 bits per heavy atom. The van der Waals surface area contributed by atoms with Gasteiger partial charge in [-0.2, -0.15) is 0 Å². The lowest BCUT2D eigenvalue weighted by atomic mass is 10.0. The molecule has 1 saturated heterocycles. The number of ether oxygens (including phenoxy) is 2. The van der Waals surface area contributed by atoms with Crippen molar-refractivity contribution in [2.45, 2.75) is 6.42 Å². The fourth-order valence-electron chi connectivity index (χ4n) is 3.55. The highest BCUT2D eigenvalue weighted by atomic mass is 32.2. The summed E-state index contributed by atoms with van der Waals surface area (Å²) in [6.07, 6.45) is 1.30. The van der Waals surface area contributed by atoms with E-state index in [1.54, 1.807) is 20.3 Å². The minimum atomic E-state index is -1.12. The number of nitrogens with one attached hydrogen (secondary N) is 1. The van der Waals surface area contributed by atoms with Gasteiger partial charge in [0.15, 0.2) is 5.17 Å². The summed E-state index contributed by atoms with van der Waals surface area (Å²) >= 11 is 1.12. The molecule has 0 atom stereocenters. The Labute approximate surface area is 205 Å². The average Bonchev–Trinajstić information content (AvgIpc) is 3.18. The summed E-state index contributed by atoms with van der Waals surface area (Å²) in [6.45, 7) is 0. The molecule has 1 heterocycles. The number of aliphatic imine (C=N–C) groups is 1. The van der Waals surface area contributed by atoms with Crippen LogP contribution in [0.5, 0.6) is 11.5 Å². The van der Waals surface area contributed by atoms with Crippen LogP contribution >= 0.6 is 11.8 Å². The molecule has 3 aromatic rings. The second kappa shape index (κ2) is 10.4. The monoisotopic (exact) mass is 492 g/mol. The number of para-hydroxylation sites is 1. The van der Waals surface area contributed by atoms with Gasteiger partial charge in [-0.25, -0.2) is 9.38 Å². The Kier molecular flexibility index (Phi) is 7.17. The fraction of sp³-hybridized carbons (Fsp3) is 0.115. The standard InChI is InChI=1S/C26H21FN2O5S/c1-33-19-10-7-15(8-11-19)20-5-3-4-17(24(20)34-2)12-22-25(32)29-26(35-22)28-18-9-6-16(13-23(30)31)21(27)14-18/h3-12,14H,13H2,1-2H3,(H,30,31)(H,28,29,32). The summed E-state index contributed by atoms with van der Waals surface area (Å²) in [4.78, 5) is 28.1. The first-order chi connectivity index (χ1) is 16.9. The summed E-state index contributed by atoms with van der Waals surface area (Å²) in [5.74, 6) is -0.774. The van der Waals surface area contributed by atoms with Gasteiger partial charge in [0.05, 0.1) is 31.2 Å². The summed E-state index contributed by atoms with van der Waals surface area (Å²) in [6, 6.07) is 17.2. The minimum Gasteiger partial charge on any atom is -0.497 e. The number of amidine groups is 1. The quantitative estimate of drug-likeness (QED) is 0.449. The molecule has 0 spiro atoms. The Morgan fingerprint density at radius 1 is 1.11 bits per heavy atom. The molecular weight excluding hydrogens is 471 g/mol. The van der Waals surface area contributed by atoms with E-state index in [0.717, 1.165) is 34.7 Å². The Bertz CT molecular complexity index is 1350. The first-order valence-electron chi connectivity index (χ1n) is 10.5. The van der Waals surface area contributed by atoms with E-state index in [4.69, 9.17) is 14.6 Å². The number of nitrogens with zero attached hydrogens (tertiary/aromatic N) is 1. The first kappa shape index (κ1) is 24.0. The van der Waals surface area contributed by atoms with Gasteiger partial charge in [-0.1, -0.05) is 36.4 Å². The van der Waals surface area contributed by atoms with Gasteiger partial charge in [-0.3, -0.25) is 9.59 Å². The molecule has 0 unspecified atom stereocenters. The fourth-order valence-corrected chi connectivity index (χ4v) is 4.38. The smallest absolute Gasteiger partial charge is 0.307 e. The van der Waals surface area contributed by atoms with E-state index in [1.807, 2.05) is 42.5 Å². The molecule has 1 aliphatic rings. The summed E-state index contributed by atoms with van der Waals surface area (Å²) < 4.78 is 25.1. The SMILES string of the molecule is COc1ccc(-c2cccc(C=C3SC(=Nc4ccc(CC(=O)O)c(F)c4)NC3=O)c2OC)cc1. The number of thioether (sulfide) groups is 1. The summed E-state index contributed by atoms with van der Waals surface area (Å²) in [5, 5.41) is 11.8. The lowest BCUT2D eigenvalue weighted by molar-refractivity contribution is -0.136. The molecule has 0 radical (unpaired) electrons. The molecule has 3 aromatic carbocycles. The number of methoxy groups -OCH3 is 2. The molecule has 35 heavy (non-hydrogen) atoms. The normalized spacial score (nSPS) is 15.3. The third-order valence-electron chi connectivity index (χ3n) is 5.20. The molecule has 1 fully saturated rings. The van der Waals surface area contributed by atoms with Crippen LogP contribution in [0.15, 0.2) is 70.6 Å². The molecule has 0 aliphatic carbocycles. The van der Waals surface area contributed by atoms with Gasteiger partial charge in [0, 0.05) is 11.1 Å². The molecule has 1 aliphatic heterocycles. The minimum absolute atomic E-state index is 0.0639. The molecular formula is C26H21FN2O5S. The van der Waals surface area contributed by atoms with E-state index in [-0.39, 0.29) is 22.3 Å². The number of carbonyl (C=O) groups excluding carboxylic acids is 1. The van der Waals surface area contributed by atoms with E-state index < -0.39 is 18.2 Å². The van der Waals surface area contributed by atoms with Crippen LogP contribution in [0.2, 0.25) is 0 Å². The Hall–Kier alpha value is -4.11. The zero-order chi connectivity index (χ0) is 24.9. The van der Waals surface area contributed by atoms with Crippen LogP contribution in [0, 0.1) is 5.82 Å². The van der Waals surface area contributed by atoms with Gasteiger partial charge in [0.1, 0.15) is 17.3 Å². The number of aliphatic carboxylic acids is 1. The van der Waals surface area contributed by atoms with Crippen molar-refractivity contribution in [2.24, 2.45) is 4.99 Å². The molecule has 9 heteroatoms. The number of halogens is 1. The van der Waals surface area contributed by atoms with Crippen molar-refractivity contribution in [3.8, 4) is 22.6 Å². The van der Waals surface area contributed by atoms with Crippen LogP contribution in [0.3, 0.4) is 0 Å². The van der Waals surface area contributed by atoms with Gasteiger partial charge in [-0.05, 0) is 53.2 Å². The van der Waals surface area contributed by atoms with E-state index in [2.05, 4.69) is 10.3 Å². The van der Waals surface area contributed by atoms with Crippen LogP contribution < -0.4 is 14.8 Å². The van der Waals surface area contributed by atoms with E-state index >= 15 is 0 Å². The molecule has 4 rings (SSSR count). The van der Waals surface area contributed by atoms with Crippen molar-refractivity contribution in [1.82, 2.24) is 5.32 Å². The Balaban J connectivity index is 1.60. The number of hydrogen-bond donors (Lipinski definition) is 2. The second-order valence-electron chi connectivity index (χ2n) is 7.48. The van der Waals surface area contributed by atoms with E-state index in [9.17, 15) is 14.0 Å². The maximum atomic E-state index is 14.2. The molecule has 1 amide bonds. The highest BCUT2D eigenvalue weighted by Gasteiger charge is 2.25. The van der Waals surface area contributed by atoms with Crippen molar-refractivity contribution in [2.75, 3.05) is 14.2 Å². The predicted molar refractivity (Wildman–Crippen MR) is 134 cm³/mol. The van der Waals surface area contributed by atoms with Gasteiger partial charge in [-0.15, -0.1) is 0 Å². The number of benzene rings is 3. The van der Waals surface area contributed by atoms with Crippen molar-refractivity contribution in [3.05, 3.63) is 82.5 Å². The van der Waals surface area contributed by atoms with Crippen LogP contribution in [-0.4, -0.2) is 36.4 Å². The van der Waals surface area contributed by atoms with Crippen LogP contribution in [0.4, 0.5) is 10.1 Å². The number of carboxylic acids is 1. The van der Waals surface area contributed by atoms with E-state index in [1.165, 1.54) is 12.1 Å². The maximum Gasteiger partial charge on any atom is 0.307 e. The number of carboxylic acid groups (broad SMARTS) is 1. The molecule has 7 nitrogen and oxygen atoms in total. The van der Waals surface area contributed by atoms with Gasteiger partial charge >= 0.3 is 5.97 Å². The van der Waals surface area contributed by atoms with Crippen molar-refractivity contribution < 1.29 is 28.6 Å². The molecule has 0 bridgehead atoms. The van der Waals surface area contributed by atoms with Gasteiger partial charge in [0.25, 0.3) is 5.91 Å². The third-order valence-corrected chi connectivity index (χ3v) is 6.11. The highest BCUT2D eigenvalue weighted by Crippen LogP contribution is 2.37. The topological polar surface area (TPSA) is 97.2 Å². The van der Waals surface area contributed by atoms with Crippen LogP contribution in [-0.2, 0) is 16.0 Å². The molecule has 2 N–H and O–H groups in total. The first-order valence-corrected chi connectivity index (χ1v) is 11.3. The van der Waals surface area contributed by atoms with Gasteiger partial charge in [0.2, 0.25) is 0 Å². The maximum absolute atomic E-state index is 14.2. The average molecular weight is 493 g/mol. The largest absolute Gasteiger partial charge is 0.497 e. The zero-order valence-corrected chi connectivity index (χ0v) is 19.7. The second-order valence-corrected chi connectivity index (χ2v) is 8.52. The molecule has 0 aromatic heterocycles. The number of amides is 1. The molecule has 0 saturated carbocycles. The lowest BCUT2D eigenvalue weighted by Crippen LogP contribution is -2.19. The highest BCUT2D eigenvalue weighted by molar-refractivity contribution is 8.18. The number of rotatable bonds is 7. The van der Waals surface area contributed by atoms with Gasteiger partial charge < -0.3 is 19.9 Å². The van der Waals surface area contributed by atoms with Crippen molar-refractivity contribution in [3.63, 3.8) is 0 Å². The zero-order valence-electron chi connectivity index (χ0n) is 18.9. The summed E-state index contributed by atoms with van der Waals surface area (Å²) in [7, 11) is 3.18. The number of hydrogen-bond acceptors (Lipinski definition) is 6. The summed E-state index contributed by atoms with van der Waals surface area (Å²) in [5.41, 5.74) is 2.83. The van der Waals surface area contributed by atoms with Crippen molar-refractivity contribution >= 4 is 40.6 Å². The van der Waals surface area contributed by atoms with Crippen molar-refractivity contribution in [1.29, 1.82) is 0 Å². The third kappa shape index (κ3) is 5.52. The van der Waals surface area contributed by atoms with E-state index in [0.29, 0.717) is 16.2 Å². The van der Waals surface area contributed by atoms with Crippen LogP contribution in [0.1, 0.15) is 11.1 Å². The number of carbonyl (C=O) groups is 2. The van der Waals surface area contributed by atoms with Crippen LogP contribution in [0.25, 0.3) is 17.2 Å². The predicted octanol–water partition coefficient (Wildman–Crippen LogP) is 5.03.